The molecule has 1 aliphatic heterocycles. The van der Waals surface area contributed by atoms with Crippen molar-refractivity contribution < 1.29 is 38.1 Å². The van der Waals surface area contributed by atoms with Crippen LogP contribution >= 0.6 is 0 Å². The molecule has 2 heterocycles. The molecule has 3 aromatic rings. The van der Waals surface area contributed by atoms with E-state index in [4.69, 9.17) is 24.7 Å². The van der Waals surface area contributed by atoms with Gasteiger partial charge >= 0.3 is 11.8 Å². The van der Waals surface area contributed by atoms with Gasteiger partial charge in [0.25, 0.3) is 0 Å². The van der Waals surface area contributed by atoms with Gasteiger partial charge in [0, 0.05) is 25.5 Å². The summed E-state index contributed by atoms with van der Waals surface area (Å²) in [4.78, 5) is 60.8. The van der Waals surface area contributed by atoms with Gasteiger partial charge in [-0.2, -0.15) is 0 Å². The van der Waals surface area contributed by atoms with Crippen molar-refractivity contribution in [2.75, 3.05) is 26.4 Å². The van der Waals surface area contributed by atoms with Gasteiger partial charge < -0.3 is 30.0 Å². The second kappa shape index (κ2) is 18.9. The Morgan fingerprint density at radius 1 is 1.02 bits per heavy atom. The summed E-state index contributed by atoms with van der Waals surface area (Å²) in [7, 11) is 1.63. The van der Waals surface area contributed by atoms with Gasteiger partial charge in [0.2, 0.25) is 17.7 Å². The van der Waals surface area contributed by atoms with Crippen molar-refractivity contribution in [2.24, 2.45) is 12.8 Å². The van der Waals surface area contributed by atoms with Crippen molar-refractivity contribution in [3.8, 4) is 23.7 Å². The summed E-state index contributed by atoms with van der Waals surface area (Å²) >= 11 is 0. The van der Waals surface area contributed by atoms with Crippen LogP contribution < -0.4 is 22.1 Å². The van der Waals surface area contributed by atoms with E-state index in [1.807, 2.05) is 31.2 Å². The van der Waals surface area contributed by atoms with Gasteiger partial charge in [0.1, 0.15) is 24.9 Å². The number of nitrogens with zero attached hydrogens (tertiary/aromatic N) is 2. The maximum Gasteiger partial charge on any atom is 0.407 e. The molecule has 0 aliphatic carbocycles. The van der Waals surface area contributed by atoms with E-state index in [1.165, 1.54) is 9.13 Å². The molecule has 4 rings (SSSR count). The molecule has 14 heteroatoms. The third-order valence-electron chi connectivity index (χ3n) is 8.24. The van der Waals surface area contributed by atoms with Crippen LogP contribution in [0.25, 0.3) is 11.0 Å². The first-order chi connectivity index (χ1) is 25.2. The van der Waals surface area contributed by atoms with Crippen molar-refractivity contribution in [3.63, 3.8) is 0 Å². The number of piperidine rings is 1. The number of carbonyl (C=O) groups is 4. The van der Waals surface area contributed by atoms with Crippen LogP contribution in [0.1, 0.15) is 76.1 Å². The van der Waals surface area contributed by atoms with Gasteiger partial charge in [0.05, 0.1) is 48.6 Å². The van der Waals surface area contributed by atoms with Crippen molar-refractivity contribution in [2.45, 2.75) is 83.8 Å². The first kappa shape index (κ1) is 40.4. The normalized spacial score (nSPS) is 15.4. The van der Waals surface area contributed by atoms with Crippen LogP contribution in [0, 0.1) is 23.7 Å². The number of alkyl carbamates (subject to hydrolysis) is 1. The van der Waals surface area contributed by atoms with Gasteiger partial charge in [-0.05, 0) is 70.4 Å². The van der Waals surface area contributed by atoms with Crippen molar-refractivity contribution in [1.29, 1.82) is 0 Å². The maximum absolute atomic E-state index is 13.1. The Kier molecular flexibility index (Phi) is 14.4. The van der Waals surface area contributed by atoms with Crippen LogP contribution in [0.3, 0.4) is 0 Å². The van der Waals surface area contributed by atoms with E-state index in [0.717, 1.165) is 11.1 Å². The molecule has 1 aliphatic rings. The van der Waals surface area contributed by atoms with Crippen LogP contribution in [0.4, 0.5) is 4.79 Å². The average molecular weight is 730 g/mol. The molecule has 1 unspecified atom stereocenters. The summed E-state index contributed by atoms with van der Waals surface area (Å²) in [6.45, 7) is 8.43. The number of nitrogens with one attached hydrogen (secondary N) is 2. The molecular weight excluding hydrogens is 682 g/mol. The average Bonchev–Trinajstić information content (AvgIpc) is 3.35. The highest BCUT2D eigenvalue weighted by molar-refractivity contribution is 6.00. The van der Waals surface area contributed by atoms with Crippen LogP contribution in [0.2, 0.25) is 0 Å². The summed E-state index contributed by atoms with van der Waals surface area (Å²) in [5.41, 5.74) is 7.82. The lowest BCUT2D eigenvalue weighted by Crippen LogP contribution is -2.45. The van der Waals surface area contributed by atoms with E-state index >= 15 is 0 Å². The molecule has 0 bridgehead atoms. The zero-order chi connectivity index (χ0) is 38.5. The minimum absolute atomic E-state index is 0.101. The molecule has 53 heavy (non-hydrogen) atoms. The lowest BCUT2D eigenvalue weighted by molar-refractivity contribution is -0.135. The zero-order valence-electron chi connectivity index (χ0n) is 30.8. The number of aromatic nitrogens is 2. The van der Waals surface area contributed by atoms with Crippen molar-refractivity contribution in [1.82, 2.24) is 19.8 Å². The number of amides is 4. The fraction of sp³-hybridized carbons (Fsp3) is 0.462. The van der Waals surface area contributed by atoms with Crippen LogP contribution in [-0.2, 0) is 47.0 Å². The van der Waals surface area contributed by atoms with Gasteiger partial charge in [-0.1, -0.05) is 41.9 Å². The minimum Gasteiger partial charge on any atom is -0.444 e. The number of fused-ring (bicyclic) bond motifs is 1. The Bertz CT molecular complexity index is 1970. The number of carbonyl (C=O) groups excluding carboxylic acids is 4. The number of imidazole rings is 1. The Morgan fingerprint density at radius 2 is 1.70 bits per heavy atom. The van der Waals surface area contributed by atoms with Crippen LogP contribution in [-0.4, -0.2) is 77.1 Å². The van der Waals surface area contributed by atoms with Crippen LogP contribution in [0.5, 0.6) is 0 Å². The van der Waals surface area contributed by atoms with Gasteiger partial charge in [-0.3, -0.25) is 28.8 Å². The molecule has 1 aromatic heterocycles. The van der Waals surface area contributed by atoms with Gasteiger partial charge in [-0.15, -0.1) is 0 Å². The number of hydrogen-bond acceptors (Lipinski definition) is 9. The molecule has 0 radical (unpaired) electrons. The van der Waals surface area contributed by atoms with E-state index in [-0.39, 0.29) is 44.1 Å². The lowest BCUT2D eigenvalue weighted by atomic mass is 10.1. The second-order valence-electron chi connectivity index (χ2n) is 13.5. The summed E-state index contributed by atoms with van der Waals surface area (Å²) in [5, 5.41) is 5.10. The number of rotatable bonds is 14. The summed E-state index contributed by atoms with van der Waals surface area (Å²) in [5.74, 6) is 10.8. The monoisotopic (exact) mass is 729 g/mol. The third kappa shape index (κ3) is 12.1. The second-order valence-corrected chi connectivity index (χ2v) is 13.5. The van der Waals surface area contributed by atoms with Crippen molar-refractivity contribution in [3.05, 3.63) is 69.6 Å². The van der Waals surface area contributed by atoms with Gasteiger partial charge in [0.15, 0.2) is 0 Å². The van der Waals surface area contributed by atoms with E-state index in [9.17, 15) is 24.0 Å². The maximum atomic E-state index is 13.1. The molecule has 282 valence electrons. The molecule has 0 saturated carbocycles. The van der Waals surface area contributed by atoms with E-state index in [0.29, 0.717) is 42.8 Å². The molecule has 3 atom stereocenters. The molecular formula is C39H47N5O9. The molecule has 0 spiro atoms. The number of aryl methyl sites for hydroxylation is 1. The Morgan fingerprint density at radius 3 is 2.34 bits per heavy atom. The van der Waals surface area contributed by atoms with E-state index < -0.39 is 41.7 Å². The summed E-state index contributed by atoms with van der Waals surface area (Å²) in [6.07, 6.45) is -0.151. The number of ether oxygens (including phenoxy) is 4. The third-order valence-corrected chi connectivity index (χ3v) is 8.24. The Hall–Kier alpha value is -5.41. The molecule has 2 aromatic carbocycles. The van der Waals surface area contributed by atoms with Crippen molar-refractivity contribution >= 4 is 34.8 Å². The van der Waals surface area contributed by atoms with Gasteiger partial charge in [-0.25, -0.2) is 9.59 Å². The fourth-order valence-electron chi connectivity index (χ4n) is 5.61. The van der Waals surface area contributed by atoms with E-state index in [1.54, 1.807) is 46.0 Å². The highest BCUT2D eigenvalue weighted by atomic mass is 16.6. The Labute approximate surface area is 308 Å². The summed E-state index contributed by atoms with van der Waals surface area (Å²) in [6, 6.07) is 11.7. The molecule has 4 amide bonds. The topological polar surface area (TPSA) is 182 Å². The van der Waals surface area contributed by atoms with Crippen LogP contribution in [0.15, 0.2) is 47.3 Å². The quantitative estimate of drug-likeness (QED) is 0.128. The highest BCUT2D eigenvalue weighted by Gasteiger charge is 2.31. The largest absolute Gasteiger partial charge is 0.444 e. The number of nitrogens with two attached hydrogens (primary N) is 1. The summed E-state index contributed by atoms with van der Waals surface area (Å²) < 4.78 is 25.4. The Balaban J connectivity index is 1.18. The molecule has 1 saturated heterocycles. The number of imide groups is 1. The first-order valence-corrected chi connectivity index (χ1v) is 17.4. The predicted octanol–water partition coefficient (Wildman–Crippen LogP) is 2.82. The zero-order valence-corrected chi connectivity index (χ0v) is 30.8. The smallest absolute Gasteiger partial charge is 0.407 e. The molecule has 14 nitrogen and oxygen atoms in total. The number of hydrogen-bond donors (Lipinski definition) is 3. The van der Waals surface area contributed by atoms with E-state index in [2.05, 4.69) is 34.3 Å². The SMILES string of the molecule is C[C@@H](OCc1ccc(C#CCOCCOCC#Cc2cccc3c2n(C)c(=O)n3C2CCC(=O)NC2=O)cc1)[C@H](CCC(N)=O)NC(=O)OC(C)(C)C. The number of para-hydroxylation sites is 1. The predicted molar refractivity (Wildman–Crippen MR) is 196 cm³/mol. The molecule has 4 N–H and O–H groups in total. The fourth-order valence-corrected chi connectivity index (χ4v) is 5.61. The minimum atomic E-state index is -0.764. The number of primary amides is 1. The molecule has 1 fully saturated rings. The standard InChI is InChI=1S/C39H47N5O9/c1-26(30(17-19-33(40)45)41-37(48)53-39(2,3)4)52-25-28-15-13-27(14-16-28)9-7-21-50-23-24-51-22-8-11-29-10-6-12-31-35(29)43(5)38(49)44(31)32-18-20-34(46)42-36(32)47/h6,10,12-16,26,30,32H,17-25H2,1-5H3,(H2,40,45)(H,41,48)(H,42,46,47)/t26-,30+,32?/m1/s1. The lowest BCUT2D eigenvalue weighted by Gasteiger charge is -2.27. The number of benzene rings is 2. The first-order valence-electron chi connectivity index (χ1n) is 17.4. The highest BCUT2D eigenvalue weighted by Crippen LogP contribution is 2.24.